The van der Waals surface area contributed by atoms with Crippen LogP contribution in [0.15, 0.2) is 48.1 Å². The van der Waals surface area contributed by atoms with E-state index in [4.69, 9.17) is 0 Å². The summed E-state index contributed by atoms with van der Waals surface area (Å²) in [6, 6.07) is 10.6. The predicted molar refractivity (Wildman–Crippen MR) is 82.0 cm³/mol. The molecule has 99 valence electrons. The van der Waals surface area contributed by atoms with E-state index < -0.39 is 0 Å². The van der Waals surface area contributed by atoms with Gasteiger partial charge in [0.25, 0.3) is 0 Å². The lowest BCUT2D eigenvalue weighted by molar-refractivity contribution is 0.177. The maximum absolute atomic E-state index is 11.0. The van der Waals surface area contributed by atoms with Gasteiger partial charge in [-0.3, -0.25) is 0 Å². The molecule has 0 bridgehead atoms. The van der Waals surface area contributed by atoms with Gasteiger partial charge in [0.2, 0.25) is 0 Å². The third kappa shape index (κ3) is 1.74. The first-order chi connectivity index (χ1) is 9.86. The quantitative estimate of drug-likeness (QED) is 0.701. The van der Waals surface area contributed by atoms with Gasteiger partial charge in [0.1, 0.15) is 6.61 Å². The molecule has 0 fully saturated rings. The third-order valence-electron chi connectivity index (χ3n) is 4.61. The summed E-state index contributed by atoms with van der Waals surface area (Å²) in [5.74, 6) is 0. The number of hydrogen-bond donors (Lipinski definition) is 0. The largest absolute Gasteiger partial charge is 0.232 e. The van der Waals surface area contributed by atoms with Crippen molar-refractivity contribution in [2.75, 3.05) is 0 Å². The first-order valence-corrected chi connectivity index (χ1v) is 7.38. The molecule has 0 atom stereocenters. The highest BCUT2D eigenvalue weighted by Gasteiger charge is 2.20. The number of benzene rings is 2. The summed E-state index contributed by atoms with van der Waals surface area (Å²) in [7, 11) is 0. The third-order valence-corrected chi connectivity index (χ3v) is 4.61. The van der Waals surface area contributed by atoms with Crippen LogP contribution in [-0.4, -0.2) is 0 Å². The van der Waals surface area contributed by atoms with Gasteiger partial charge in [-0.15, -0.1) is 0 Å². The molecule has 0 spiro atoms. The first kappa shape index (κ1) is 11.9. The standard InChI is InChI=1S/C19H17O/c20-12-13-5-8-17-15(11-13)7-10-18-16-4-2-1-3-14(16)6-9-19(17)18/h2,4-5,7-8,10-11H,1,3,6,9,12H2. The molecule has 1 radical (unpaired) electrons. The first-order valence-electron chi connectivity index (χ1n) is 7.38. The fourth-order valence-electron chi connectivity index (χ4n) is 3.58. The minimum absolute atomic E-state index is 0.134. The van der Waals surface area contributed by atoms with E-state index in [2.05, 4.69) is 30.4 Å². The Kier molecular flexibility index (Phi) is 2.75. The average molecular weight is 261 g/mol. The Hall–Kier alpha value is -1.86. The summed E-state index contributed by atoms with van der Waals surface area (Å²) in [4.78, 5) is 0. The lowest BCUT2D eigenvalue weighted by Gasteiger charge is -2.25. The molecule has 0 N–H and O–H groups in total. The zero-order valence-corrected chi connectivity index (χ0v) is 11.5. The molecule has 2 aliphatic rings. The van der Waals surface area contributed by atoms with E-state index in [1.165, 1.54) is 46.7 Å². The molecule has 1 nitrogen and oxygen atoms in total. The minimum Gasteiger partial charge on any atom is -0.232 e. The van der Waals surface area contributed by atoms with Gasteiger partial charge >= 0.3 is 0 Å². The van der Waals surface area contributed by atoms with Crippen LogP contribution in [0.5, 0.6) is 0 Å². The van der Waals surface area contributed by atoms with Gasteiger partial charge in [-0.1, -0.05) is 42.0 Å². The van der Waals surface area contributed by atoms with Crippen LogP contribution in [0.25, 0.3) is 16.3 Å². The number of aryl methyl sites for hydroxylation is 1. The van der Waals surface area contributed by atoms with Crippen LogP contribution < -0.4 is 0 Å². The van der Waals surface area contributed by atoms with E-state index in [0.717, 1.165) is 12.0 Å². The molecule has 0 saturated heterocycles. The van der Waals surface area contributed by atoms with Crippen molar-refractivity contribution < 1.29 is 5.11 Å². The van der Waals surface area contributed by atoms with Crippen molar-refractivity contribution in [2.24, 2.45) is 0 Å². The van der Waals surface area contributed by atoms with Gasteiger partial charge in [0.15, 0.2) is 0 Å². The smallest absolute Gasteiger partial charge is 0.107 e. The maximum Gasteiger partial charge on any atom is 0.107 e. The zero-order valence-electron chi connectivity index (χ0n) is 11.5. The van der Waals surface area contributed by atoms with Gasteiger partial charge in [0, 0.05) is 0 Å². The highest BCUT2D eigenvalue weighted by molar-refractivity contribution is 5.94. The monoisotopic (exact) mass is 261 g/mol. The van der Waals surface area contributed by atoms with Gasteiger partial charge in [0.05, 0.1) is 0 Å². The molecule has 0 amide bonds. The van der Waals surface area contributed by atoms with Gasteiger partial charge in [-0.2, -0.15) is 0 Å². The van der Waals surface area contributed by atoms with Crippen LogP contribution in [0.2, 0.25) is 0 Å². The number of allylic oxidation sites excluding steroid dienone is 4. The number of hydrogen-bond acceptors (Lipinski definition) is 0. The van der Waals surface area contributed by atoms with E-state index >= 15 is 0 Å². The topological polar surface area (TPSA) is 19.9 Å². The van der Waals surface area contributed by atoms with E-state index in [0.29, 0.717) is 0 Å². The van der Waals surface area contributed by atoms with Crippen molar-refractivity contribution in [1.82, 2.24) is 0 Å². The highest BCUT2D eigenvalue weighted by Crippen LogP contribution is 2.39. The van der Waals surface area contributed by atoms with Crippen LogP contribution in [0.1, 0.15) is 36.0 Å². The maximum atomic E-state index is 11.0. The molecule has 2 aromatic carbocycles. The van der Waals surface area contributed by atoms with Crippen LogP contribution in [0.3, 0.4) is 0 Å². The Morgan fingerprint density at radius 1 is 1.00 bits per heavy atom. The van der Waals surface area contributed by atoms with Gasteiger partial charge < -0.3 is 0 Å². The minimum atomic E-state index is -0.134. The van der Waals surface area contributed by atoms with E-state index in [-0.39, 0.29) is 6.61 Å². The molecule has 0 unspecified atom stereocenters. The lowest BCUT2D eigenvalue weighted by atomic mass is 9.79. The van der Waals surface area contributed by atoms with Crippen LogP contribution in [0.4, 0.5) is 0 Å². The molecule has 0 heterocycles. The molecular formula is C19H17O. The van der Waals surface area contributed by atoms with Gasteiger partial charge in [-0.05, 0) is 64.8 Å². The second-order valence-corrected chi connectivity index (χ2v) is 5.75. The Morgan fingerprint density at radius 3 is 2.85 bits per heavy atom. The molecule has 0 saturated carbocycles. The highest BCUT2D eigenvalue weighted by atomic mass is 16.3. The summed E-state index contributed by atoms with van der Waals surface area (Å²) >= 11 is 0. The molecule has 2 aliphatic carbocycles. The predicted octanol–water partition coefficient (Wildman–Crippen LogP) is 4.82. The summed E-state index contributed by atoms with van der Waals surface area (Å²) in [6.07, 6.45) is 9.32. The Morgan fingerprint density at radius 2 is 1.95 bits per heavy atom. The lowest BCUT2D eigenvalue weighted by Crippen LogP contribution is -2.07. The zero-order chi connectivity index (χ0) is 13.5. The van der Waals surface area contributed by atoms with E-state index in [1.54, 1.807) is 5.57 Å². The SMILES string of the molecule is [O]Cc1ccc2c3c(ccc2c1)C1=C(CCC=C1)CC3. The molecule has 4 rings (SSSR count). The average Bonchev–Trinajstić information content (AvgIpc) is 2.53. The van der Waals surface area contributed by atoms with E-state index in [1.807, 2.05) is 12.1 Å². The number of rotatable bonds is 1. The molecule has 1 heteroatoms. The second-order valence-electron chi connectivity index (χ2n) is 5.75. The fraction of sp³-hybridized carbons (Fsp3) is 0.263. The van der Waals surface area contributed by atoms with Crippen molar-refractivity contribution in [3.8, 4) is 0 Å². The second kappa shape index (κ2) is 4.60. The Bertz CT molecular complexity index is 750. The Labute approximate surface area is 119 Å². The fourth-order valence-corrected chi connectivity index (χ4v) is 3.58. The summed E-state index contributed by atoms with van der Waals surface area (Å²) in [5, 5.41) is 13.6. The molecular weight excluding hydrogens is 244 g/mol. The van der Waals surface area contributed by atoms with Crippen molar-refractivity contribution in [3.05, 3.63) is 64.7 Å². The van der Waals surface area contributed by atoms with Crippen LogP contribution in [-0.2, 0) is 18.1 Å². The molecule has 20 heavy (non-hydrogen) atoms. The Balaban J connectivity index is 1.95. The number of fused-ring (bicyclic) bond motifs is 4. The van der Waals surface area contributed by atoms with Crippen molar-refractivity contribution in [1.29, 1.82) is 0 Å². The summed E-state index contributed by atoms with van der Waals surface area (Å²) < 4.78 is 0. The van der Waals surface area contributed by atoms with E-state index in [9.17, 15) is 5.11 Å². The van der Waals surface area contributed by atoms with Gasteiger partial charge in [-0.25, -0.2) is 5.11 Å². The van der Waals surface area contributed by atoms with Crippen LogP contribution >= 0.6 is 0 Å². The van der Waals surface area contributed by atoms with Crippen molar-refractivity contribution in [2.45, 2.75) is 32.3 Å². The normalized spacial score (nSPS) is 17.2. The molecule has 0 aliphatic heterocycles. The molecule has 2 aromatic rings. The van der Waals surface area contributed by atoms with Crippen molar-refractivity contribution in [3.63, 3.8) is 0 Å². The summed E-state index contributed by atoms with van der Waals surface area (Å²) in [5.41, 5.74) is 6.82. The van der Waals surface area contributed by atoms with Crippen LogP contribution in [0, 0.1) is 0 Å². The van der Waals surface area contributed by atoms with Crippen molar-refractivity contribution >= 4 is 16.3 Å². The molecule has 0 aromatic heterocycles. The summed E-state index contributed by atoms with van der Waals surface area (Å²) in [6.45, 7) is -0.134.